The number of ether oxygens (including phenoxy) is 1. The lowest BCUT2D eigenvalue weighted by molar-refractivity contribution is -0.116. The lowest BCUT2D eigenvalue weighted by Crippen LogP contribution is -2.22. The molecule has 1 amide bonds. The molecule has 4 rings (SSSR count). The van der Waals surface area contributed by atoms with E-state index in [2.05, 4.69) is 59.3 Å². The van der Waals surface area contributed by atoms with Gasteiger partial charge in [-0.3, -0.25) is 4.79 Å². The first kappa shape index (κ1) is 25.2. The fraction of sp³-hybridized carbons (Fsp3) is 0.290. The van der Waals surface area contributed by atoms with Crippen LogP contribution in [0, 0.1) is 0 Å². The first-order chi connectivity index (χ1) is 17.7. The van der Waals surface area contributed by atoms with E-state index >= 15 is 0 Å². The maximum absolute atomic E-state index is 12.1. The highest BCUT2D eigenvalue weighted by Crippen LogP contribution is 2.18. The topological polar surface area (TPSA) is 56.1 Å². The van der Waals surface area contributed by atoms with Gasteiger partial charge in [0.1, 0.15) is 11.6 Å². The Balaban J connectivity index is 1.24. The summed E-state index contributed by atoms with van der Waals surface area (Å²) in [5.74, 6) is 1.93. The quantitative estimate of drug-likeness (QED) is 0.182. The summed E-state index contributed by atoms with van der Waals surface area (Å²) < 4.78 is 8.24. The third-order valence-electron chi connectivity index (χ3n) is 6.21. The molecule has 1 N–H and O–H groups in total. The number of unbranched alkanes of at least 4 members (excludes halogenated alkanes) is 1. The number of carbonyl (C=O) groups is 1. The van der Waals surface area contributed by atoms with Crippen LogP contribution in [-0.4, -0.2) is 28.6 Å². The predicted octanol–water partition coefficient (Wildman–Crippen LogP) is 6.22. The summed E-state index contributed by atoms with van der Waals surface area (Å²) in [4.78, 5) is 17.0. The second-order valence-corrected chi connectivity index (χ2v) is 8.86. The molecular weight excluding hydrogens is 446 g/mol. The molecule has 1 heterocycles. The van der Waals surface area contributed by atoms with Crippen molar-refractivity contribution in [3.8, 4) is 5.75 Å². The average molecular weight is 482 g/mol. The van der Waals surface area contributed by atoms with E-state index in [4.69, 9.17) is 9.72 Å². The summed E-state index contributed by atoms with van der Waals surface area (Å²) in [6.45, 7) is 4.38. The highest BCUT2D eigenvalue weighted by atomic mass is 16.5. The predicted molar refractivity (Wildman–Crippen MR) is 147 cm³/mol. The van der Waals surface area contributed by atoms with Crippen LogP contribution in [0.3, 0.4) is 0 Å². The number of amides is 1. The Morgan fingerprint density at radius 2 is 1.72 bits per heavy atom. The highest BCUT2D eigenvalue weighted by Gasteiger charge is 2.10. The Kier molecular flexibility index (Phi) is 9.32. The number of hydrogen-bond donors (Lipinski definition) is 1. The van der Waals surface area contributed by atoms with Gasteiger partial charge in [-0.15, -0.1) is 0 Å². The second-order valence-electron chi connectivity index (χ2n) is 8.86. The van der Waals surface area contributed by atoms with Gasteiger partial charge < -0.3 is 14.6 Å². The van der Waals surface area contributed by atoms with Crippen molar-refractivity contribution in [3.05, 3.63) is 102 Å². The van der Waals surface area contributed by atoms with E-state index in [1.807, 2.05) is 42.5 Å². The Hall–Kier alpha value is -3.86. The van der Waals surface area contributed by atoms with Crippen LogP contribution in [0.2, 0.25) is 0 Å². The molecule has 0 atom stereocenters. The van der Waals surface area contributed by atoms with Crippen molar-refractivity contribution >= 4 is 23.0 Å². The minimum absolute atomic E-state index is 0.0725. The minimum Gasteiger partial charge on any atom is -0.494 e. The van der Waals surface area contributed by atoms with Crippen molar-refractivity contribution < 1.29 is 9.53 Å². The van der Waals surface area contributed by atoms with E-state index < -0.39 is 0 Å². The largest absolute Gasteiger partial charge is 0.494 e. The molecule has 0 radical (unpaired) electrons. The molecule has 0 spiro atoms. The fourth-order valence-electron chi connectivity index (χ4n) is 4.20. The number of para-hydroxylation sites is 2. The van der Waals surface area contributed by atoms with Crippen molar-refractivity contribution in [1.82, 2.24) is 14.9 Å². The molecule has 5 nitrogen and oxygen atoms in total. The Morgan fingerprint density at radius 3 is 2.53 bits per heavy atom. The Morgan fingerprint density at radius 1 is 0.944 bits per heavy atom. The maximum Gasteiger partial charge on any atom is 0.243 e. The second kappa shape index (κ2) is 13.3. The highest BCUT2D eigenvalue weighted by molar-refractivity contribution is 5.91. The Bertz CT molecular complexity index is 1260. The summed E-state index contributed by atoms with van der Waals surface area (Å²) in [5.41, 5.74) is 4.53. The summed E-state index contributed by atoms with van der Waals surface area (Å²) in [5, 5.41) is 2.98. The number of imidazole rings is 1. The number of hydrogen-bond acceptors (Lipinski definition) is 3. The lowest BCUT2D eigenvalue weighted by atomic mass is 10.2. The zero-order valence-corrected chi connectivity index (χ0v) is 21.0. The minimum atomic E-state index is -0.0725. The molecule has 3 aromatic carbocycles. The van der Waals surface area contributed by atoms with Crippen LogP contribution in [0.5, 0.6) is 5.75 Å². The first-order valence-corrected chi connectivity index (χ1v) is 12.9. The van der Waals surface area contributed by atoms with Gasteiger partial charge in [0.25, 0.3) is 0 Å². The van der Waals surface area contributed by atoms with E-state index in [0.717, 1.165) is 61.3 Å². The van der Waals surface area contributed by atoms with Gasteiger partial charge in [0.05, 0.1) is 17.6 Å². The number of benzene rings is 3. The zero-order chi connectivity index (χ0) is 25.0. The van der Waals surface area contributed by atoms with Gasteiger partial charge in [-0.2, -0.15) is 0 Å². The summed E-state index contributed by atoms with van der Waals surface area (Å²) >= 11 is 0. The smallest absolute Gasteiger partial charge is 0.243 e. The SMILES string of the molecule is CCc1ccc(OCCCCn2c(CCCNC(=O)/C=C/c3ccccc3)nc3ccccc32)cc1. The van der Waals surface area contributed by atoms with Crippen LogP contribution in [0.4, 0.5) is 0 Å². The van der Waals surface area contributed by atoms with Crippen molar-refractivity contribution in [2.24, 2.45) is 0 Å². The molecule has 0 aliphatic carbocycles. The third kappa shape index (κ3) is 7.32. The van der Waals surface area contributed by atoms with E-state index in [9.17, 15) is 4.79 Å². The van der Waals surface area contributed by atoms with Crippen molar-refractivity contribution in [2.75, 3.05) is 13.2 Å². The number of aryl methyl sites for hydroxylation is 3. The lowest BCUT2D eigenvalue weighted by Gasteiger charge is -2.11. The normalized spacial score (nSPS) is 11.2. The molecule has 4 aromatic rings. The van der Waals surface area contributed by atoms with Crippen LogP contribution >= 0.6 is 0 Å². The first-order valence-electron chi connectivity index (χ1n) is 12.9. The van der Waals surface area contributed by atoms with E-state index in [-0.39, 0.29) is 5.91 Å². The third-order valence-corrected chi connectivity index (χ3v) is 6.21. The standard InChI is InChI=1S/C31H35N3O2/c1-2-25-16-19-27(20-17-25)36-24-9-8-23-34-29-14-7-6-13-28(29)33-30(34)15-10-22-32-31(35)21-18-26-11-4-3-5-12-26/h3-7,11-14,16-21H,2,8-10,15,22-24H2,1H3,(H,32,35)/b21-18+. The zero-order valence-electron chi connectivity index (χ0n) is 21.0. The summed E-state index contributed by atoms with van der Waals surface area (Å²) in [6.07, 6.45) is 8.11. The van der Waals surface area contributed by atoms with E-state index in [1.165, 1.54) is 11.1 Å². The number of carbonyl (C=O) groups excluding carboxylic acids is 1. The van der Waals surface area contributed by atoms with Gasteiger partial charge in [0, 0.05) is 25.6 Å². The van der Waals surface area contributed by atoms with E-state index in [1.54, 1.807) is 6.08 Å². The van der Waals surface area contributed by atoms with Crippen LogP contribution < -0.4 is 10.1 Å². The van der Waals surface area contributed by atoms with Crippen molar-refractivity contribution in [3.63, 3.8) is 0 Å². The van der Waals surface area contributed by atoms with Gasteiger partial charge in [0.2, 0.25) is 5.91 Å². The van der Waals surface area contributed by atoms with Crippen LogP contribution in [0.15, 0.2) is 84.9 Å². The molecule has 1 aromatic heterocycles. The molecule has 0 aliphatic heterocycles. The summed E-state index contributed by atoms with van der Waals surface area (Å²) in [7, 11) is 0. The summed E-state index contributed by atoms with van der Waals surface area (Å²) in [6, 6.07) is 26.5. The van der Waals surface area contributed by atoms with Gasteiger partial charge in [-0.05, 0) is 67.2 Å². The molecule has 0 saturated carbocycles. The molecule has 0 fully saturated rings. The molecule has 0 saturated heterocycles. The fourth-order valence-corrected chi connectivity index (χ4v) is 4.20. The number of nitrogens with zero attached hydrogens (tertiary/aromatic N) is 2. The maximum atomic E-state index is 12.1. The van der Waals surface area contributed by atoms with Gasteiger partial charge in [0.15, 0.2) is 0 Å². The van der Waals surface area contributed by atoms with Crippen molar-refractivity contribution in [2.45, 2.75) is 45.6 Å². The van der Waals surface area contributed by atoms with Crippen LogP contribution in [0.25, 0.3) is 17.1 Å². The van der Waals surface area contributed by atoms with Crippen LogP contribution in [0.1, 0.15) is 43.1 Å². The van der Waals surface area contributed by atoms with Crippen LogP contribution in [-0.2, 0) is 24.2 Å². The molecule has 5 heteroatoms. The molecule has 186 valence electrons. The van der Waals surface area contributed by atoms with Gasteiger partial charge in [-0.1, -0.05) is 61.5 Å². The average Bonchev–Trinajstić information content (AvgIpc) is 3.28. The number of rotatable bonds is 13. The monoisotopic (exact) mass is 481 g/mol. The molecule has 0 bridgehead atoms. The number of aromatic nitrogens is 2. The number of nitrogens with one attached hydrogen (secondary N) is 1. The van der Waals surface area contributed by atoms with E-state index in [0.29, 0.717) is 13.2 Å². The molecule has 36 heavy (non-hydrogen) atoms. The number of fused-ring (bicyclic) bond motifs is 1. The molecule has 0 aliphatic rings. The molecular formula is C31H35N3O2. The van der Waals surface area contributed by atoms with Gasteiger partial charge >= 0.3 is 0 Å². The van der Waals surface area contributed by atoms with Gasteiger partial charge in [-0.25, -0.2) is 4.98 Å². The van der Waals surface area contributed by atoms with Crippen molar-refractivity contribution in [1.29, 1.82) is 0 Å². The Labute approximate surface area is 213 Å². The molecule has 0 unspecified atom stereocenters.